The molecule has 0 aromatic heterocycles. The molecule has 0 aromatic carbocycles. The summed E-state index contributed by atoms with van der Waals surface area (Å²) in [4.78, 5) is 37.6. The van der Waals surface area contributed by atoms with E-state index < -0.39 is 48.2 Å². The van der Waals surface area contributed by atoms with Gasteiger partial charge in [0.1, 0.15) is 12.2 Å². The standard InChI is InChI=1S/C16H23N3O7/c1-6-12(24-9(3)20)15(25-10(4)21)14-8(2)11(18-19-17)7-13(26-14)16(22)23-5/h7-8,11-12,14-15H,6H2,1-5H3. The van der Waals surface area contributed by atoms with Crippen molar-refractivity contribution in [3.63, 3.8) is 0 Å². The number of azide groups is 1. The maximum absolute atomic E-state index is 11.9. The largest absolute Gasteiger partial charge is 0.479 e. The second-order valence-corrected chi connectivity index (χ2v) is 5.79. The predicted octanol–water partition coefficient (Wildman–Crippen LogP) is 2.03. The number of carbonyl (C=O) groups is 3. The van der Waals surface area contributed by atoms with Crippen molar-refractivity contribution in [1.82, 2.24) is 0 Å². The van der Waals surface area contributed by atoms with E-state index in [1.807, 2.05) is 0 Å². The zero-order chi connectivity index (χ0) is 19.9. The van der Waals surface area contributed by atoms with Gasteiger partial charge in [-0.25, -0.2) is 4.79 Å². The van der Waals surface area contributed by atoms with Gasteiger partial charge in [-0.15, -0.1) is 0 Å². The van der Waals surface area contributed by atoms with Crippen LogP contribution in [0.25, 0.3) is 10.4 Å². The average molecular weight is 369 g/mol. The van der Waals surface area contributed by atoms with Crippen LogP contribution in [0.4, 0.5) is 0 Å². The number of hydrogen-bond donors (Lipinski definition) is 0. The number of ether oxygens (including phenoxy) is 4. The van der Waals surface area contributed by atoms with Gasteiger partial charge in [0.05, 0.1) is 13.2 Å². The number of hydrogen-bond acceptors (Lipinski definition) is 8. The van der Waals surface area contributed by atoms with Crippen molar-refractivity contribution < 1.29 is 33.3 Å². The van der Waals surface area contributed by atoms with Gasteiger partial charge in [-0.2, -0.15) is 0 Å². The average Bonchev–Trinajstić information content (AvgIpc) is 2.58. The highest BCUT2D eigenvalue weighted by atomic mass is 16.6. The van der Waals surface area contributed by atoms with Gasteiger partial charge in [-0.3, -0.25) is 9.59 Å². The summed E-state index contributed by atoms with van der Waals surface area (Å²) in [6.45, 7) is 5.91. The molecule has 10 nitrogen and oxygen atoms in total. The topological polar surface area (TPSA) is 137 Å². The highest BCUT2D eigenvalue weighted by molar-refractivity contribution is 5.86. The Kier molecular flexibility index (Phi) is 7.92. The fourth-order valence-corrected chi connectivity index (χ4v) is 2.72. The number of rotatable bonds is 7. The first-order chi connectivity index (χ1) is 12.2. The van der Waals surface area contributed by atoms with Gasteiger partial charge in [0.2, 0.25) is 5.76 Å². The first-order valence-corrected chi connectivity index (χ1v) is 8.10. The molecule has 1 aliphatic heterocycles. The number of esters is 3. The van der Waals surface area contributed by atoms with Gasteiger partial charge in [0.25, 0.3) is 0 Å². The Labute approximate surface area is 151 Å². The Bertz CT molecular complexity index is 627. The van der Waals surface area contributed by atoms with Crippen LogP contribution in [0.1, 0.15) is 34.1 Å². The Balaban J connectivity index is 3.30. The second-order valence-electron chi connectivity index (χ2n) is 5.79. The van der Waals surface area contributed by atoms with Crippen molar-refractivity contribution in [2.75, 3.05) is 7.11 Å². The number of nitrogens with zero attached hydrogens (tertiary/aromatic N) is 3. The summed E-state index contributed by atoms with van der Waals surface area (Å²) in [5.74, 6) is -2.54. The quantitative estimate of drug-likeness (QED) is 0.220. The monoisotopic (exact) mass is 369 g/mol. The normalized spacial score (nSPS) is 24.0. The fraction of sp³-hybridized carbons (Fsp3) is 0.688. The molecule has 5 atom stereocenters. The van der Waals surface area contributed by atoms with E-state index in [2.05, 4.69) is 14.8 Å². The van der Waals surface area contributed by atoms with Crippen molar-refractivity contribution in [3.8, 4) is 0 Å². The van der Waals surface area contributed by atoms with Crippen molar-refractivity contribution in [3.05, 3.63) is 22.3 Å². The zero-order valence-corrected chi connectivity index (χ0v) is 15.4. The molecule has 0 spiro atoms. The molecule has 1 heterocycles. The first-order valence-electron chi connectivity index (χ1n) is 8.10. The summed E-state index contributed by atoms with van der Waals surface area (Å²) in [6, 6.07) is -0.735. The molecule has 0 fully saturated rings. The van der Waals surface area contributed by atoms with Gasteiger partial charge in [-0.05, 0) is 18.0 Å². The minimum Gasteiger partial charge on any atom is -0.479 e. The summed E-state index contributed by atoms with van der Waals surface area (Å²) in [6.07, 6.45) is -0.996. The van der Waals surface area contributed by atoms with Crippen LogP contribution in [-0.2, 0) is 33.3 Å². The summed E-state index contributed by atoms with van der Waals surface area (Å²) >= 11 is 0. The van der Waals surface area contributed by atoms with E-state index in [1.165, 1.54) is 27.0 Å². The molecule has 144 valence electrons. The Morgan fingerprint density at radius 3 is 2.38 bits per heavy atom. The van der Waals surface area contributed by atoms with Crippen LogP contribution in [0.15, 0.2) is 16.9 Å². The zero-order valence-electron chi connectivity index (χ0n) is 15.4. The molecule has 10 heteroatoms. The molecule has 0 bridgehead atoms. The molecule has 0 radical (unpaired) electrons. The number of carbonyl (C=O) groups excluding carboxylic acids is 3. The Morgan fingerprint density at radius 2 is 1.92 bits per heavy atom. The van der Waals surface area contributed by atoms with E-state index in [0.29, 0.717) is 6.42 Å². The van der Waals surface area contributed by atoms with E-state index in [0.717, 1.165) is 0 Å². The van der Waals surface area contributed by atoms with Crippen molar-refractivity contribution in [2.24, 2.45) is 11.0 Å². The lowest BCUT2D eigenvalue weighted by Gasteiger charge is -2.39. The van der Waals surface area contributed by atoms with Crippen LogP contribution in [0.2, 0.25) is 0 Å². The number of methoxy groups -OCH3 is 1. The smallest absolute Gasteiger partial charge is 0.372 e. The van der Waals surface area contributed by atoms with E-state index in [4.69, 9.17) is 19.7 Å². The van der Waals surface area contributed by atoms with E-state index >= 15 is 0 Å². The molecule has 0 amide bonds. The molecule has 1 rings (SSSR count). The maximum Gasteiger partial charge on any atom is 0.372 e. The minimum atomic E-state index is -0.999. The Morgan fingerprint density at radius 1 is 1.31 bits per heavy atom. The molecule has 0 saturated heterocycles. The highest BCUT2D eigenvalue weighted by Gasteiger charge is 2.44. The minimum absolute atomic E-state index is 0.164. The van der Waals surface area contributed by atoms with Crippen LogP contribution >= 0.6 is 0 Å². The highest BCUT2D eigenvalue weighted by Crippen LogP contribution is 2.32. The third-order valence-electron chi connectivity index (χ3n) is 3.93. The lowest BCUT2D eigenvalue weighted by molar-refractivity contribution is -0.183. The summed E-state index contributed by atoms with van der Waals surface area (Å²) in [5, 5.41) is 3.66. The molecule has 0 aromatic rings. The van der Waals surface area contributed by atoms with Crippen LogP contribution in [0.5, 0.6) is 0 Å². The third-order valence-corrected chi connectivity index (χ3v) is 3.93. The lowest BCUT2D eigenvalue weighted by atomic mass is 9.87. The van der Waals surface area contributed by atoms with Gasteiger partial charge < -0.3 is 18.9 Å². The SMILES string of the molecule is CCC(OC(C)=O)C(OC(C)=O)C1OC(C(=O)OC)=CC(N=[N+]=[N-])C1C. The summed E-state index contributed by atoms with van der Waals surface area (Å²) in [5.41, 5.74) is 8.78. The predicted molar refractivity (Wildman–Crippen MR) is 88.5 cm³/mol. The molecule has 0 aliphatic carbocycles. The van der Waals surface area contributed by atoms with Crippen LogP contribution in [0, 0.1) is 5.92 Å². The van der Waals surface area contributed by atoms with Crippen LogP contribution in [-0.4, -0.2) is 49.4 Å². The molecule has 26 heavy (non-hydrogen) atoms. The van der Waals surface area contributed by atoms with Gasteiger partial charge in [-0.1, -0.05) is 19.0 Å². The molecule has 1 aliphatic rings. The van der Waals surface area contributed by atoms with Crippen molar-refractivity contribution in [1.29, 1.82) is 0 Å². The molecule has 0 N–H and O–H groups in total. The van der Waals surface area contributed by atoms with Gasteiger partial charge in [0, 0.05) is 24.7 Å². The van der Waals surface area contributed by atoms with E-state index in [-0.39, 0.29) is 5.76 Å². The fourth-order valence-electron chi connectivity index (χ4n) is 2.72. The van der Waals surface area contributed by atoms with Gasteiger partial charge >= 0.3 is 17.9 Å². The molecule has 5 unspecified atom stereocenters. The summed E-state index contributed by atoms with van der Waals surface area (Å²) in [7, 11) is 1.18. The first kappa shape index (κ1) is 21.3. The van der Waals surface area contributed by atoms with E-state index in [1.54, 1.807) is 13.8 Å². The second kappa shape index (κ2) is 9.67. The maximum atomic E-state index is 11.9. The Hall–Kier alpha value is -2.74. The van der Waals surface area contributed by atoms with Crippen molar-refractivity contribution in [2.45, 2.75) is 58.5 Å². The molecular formula is C16H23N3O7. The van der Waals surface area contributed by atoms with Crippen LogP contribution < -0.4 is 0 Å². The lowest BCUT2D eigenvalue weighted by Crippen LogP contribution is -2.51. The van der Waals surface area contributed by atoms with Crippen molar-refractivity contribution >= 4 is 17.9 Å². The third kappa shape index (κ3) is 5.38. The summed E-state index contributed by atoms with van der Waals surface area (Å²) < 4.78 is 20.9. The van der Waals surface area contributed by atoms with Gasteiger partial charge in [0.15, 0.2) is 6.10 Å². The molecule has 0 saturated carbocycles. The molecular weight excluding hydrogens is 346 g/mol. The van der Waals surface area contributed by atoms with E-state index in [9.17, 15) is 14.4 Å². The van der Waals surface area contributed by atoms with Crippen LogP contribution in [0.3, 0.4) is 0 Å².